The van der Waals surface area contributed by atoms with Crippen LogP contribution in [0.1, 0.15) is 13.3 Å². The molecule has 32 heavy (non-hydrogen) atoms. The van der Waals surface area contributed by atoms with Crippen molar-refractivity contribution in [2.24, 2.45) is 4.99 Å². The Morgan fingerprint density at radius 2 is 2.00 bits per heavy atom. The van der Waals surface area contributed by atoms with Crippen LogP contribution in [-0.4, -0.2) is 52.8 Å². The molecule has 0 aliphatic carbocycles. The predicted octanol–water partition coefficient (Wildman–Crippen LogP) is 3.59. The zero-order chi connectivity index (χ0) is 23.3. The molecule has 11 heteroatoms. The van der Waals surface area contributed by atoms with E-state index >= 15 is 0 Å². The number of methoxy groups -OCH3 is 2. The van der Waals surface area contributed by atoms with Crippen LogP contribution in [0.5, 0.6) is 11.5 Å². The maximum atomic E-state index is 12.9. The number of hydrogen-bond donors (Lipinski definition) is 1. The zero-order valence-corrected chi connectivity index (χ0v) is 18.5. The van der Waals surface area contributed by atoms with Crippen LogP contribution >= 0.6 is 11.8 Å². The molecule has 2 aromatic carbocycles. The van der Waals surface area contributed by atoms with Gasteiger partial charge in [-0.3, -0.25) is 24.6 Å². The van der Waals surface area contributed by atoms with E-state index in [2.05, 4.69) is 10.3 Å². The number of anilines is 1. The number of aliphatic imine (C=N–C) groups is 1. The van der Waals surface area contributed by atoms with Gasteiger partial charge in [-0.2, -0.15) is 0 Å². The Hall–Kier alpha value is -3.60. The van der Waals surface area contributed by atoms with Gasteiger partial charge in [0, 0.05) is 25.1 Å². The molecule has 1 atom stereocenters. The van der Waals surface area contributed by atoms with Gasteiger partial charge >= 0.3 is 0 Å². The molecule has 1 unspecified atom stereocenters. The lowest BCUT2D eigenvalue weighted by Crippen LogP contribution is -2.33. The Morgan fingerprint density at radius 1 is 1.25 bits per heavy atom. The molecule has 1 saturated heterocycles. The van der Waals surface area contributed by atoms with Gasteiger partial charge in [0.2, 0.25) is 11.8 Å². The number of rotatable bonds is 8. The molecular formula is C21H22N4O6S. The van der Waals surface area contributed by atoms with Gasteiger partial charge in [-0.1, -0.05) is 23.9 Å². The molecular weight excluding hydrogens is 436 g/mol. The van der Waals surface area contributed by atoms with Crippen LogP contribution in [0.25, 0.3) is 0 Å². The number of nitro groups is 1. The molecule has 1 heterocycles. The first-order valence-electron chi connectivity index (χ1n) is 9.70. The maximum Gasteiger partial charge on any atom is 0.292 e. The zero-order valence-electron chi connectivity index (χ0n) is 17.7. The summed E-state index contributed by atoms with van der Waals surface area (Å²) in [6.45, 7) is 2.19. The molecule has 1 N–H and O–H groups in total. The lowest BCUT2D eigenvalue weighted by Gasteiger charge is -2.14. The molecule has 0 radical (unpaired) electrons. The summed E-state index contributed by atoms with van der Waals surface area (Å²) >= 11 is 1.16. The van der Waals surface area contributed by atoms with E-state index in [9.17, 15) is 19.7 Å². The second-order valence-corrected chi connectivity index (χ2v) is 7.82. The topological polar surface area (TPSA) is 123 Å². The van der Waals surface area contributed by atoms with Crippen molar-refractivity contribution in [1.82, 2.24) is 4.90 Å². The molecule has 0 spiro atoms. The summed E-state index contributed by atoms with van der Waals surface area (Å²) in [5.74, 6) is 0.347. The average molecular weight is 458 g/mol. The largest absolute Gasteiger partial charge is 0.497 e. The van der Waals surface area contributed by atoms with Crippen LogP contribution in [0.4, 0.5) is 17.1 Å². The van der Waals surface area contributed by atoms with Crippen molar-refractivity contribution in [2.45, 2.75) is 18.6 Å². The van der Waals surface area contributed by atoms with Crippen molar-refractivity contribution in [3.8, 4) is 11.5 Å². The predicted molar refractivity (Wildman–Crippen MR) is 122 cm³/mol. The second-order valence-electron chi connectivity index (χ2n) is 6.65. The van der Waals surface area contributed by atoms with Gasteiger partial charge in [0.1, 0.15) is 28.1 Å². The Labute approximate surface area is 188 Å². The molecule has 1 aliphatic heterocycles. The van der Waals surface area contributed by atoms with Crippen molar-refractivity contribution in [3.05, 3.63) is 52.6 Å². The number of carbonyl (C=O) groups excluding carboxylic acids is 2. The molecule has 3 rings (SSSR count). The maximum absolute atomic E-state index is 12.9. The van der Waals surface area contributed by atoms with Crippen LogP contribution in [-0.2, 0) is 9.59 Å². The fourth-order valence-corrected chi connectivity index (χ4v) is 4.33. The number of nitrogens with one attached hydrogen (secondary N) is 1. The molecule has 0 aromatic heterocycles. The molecule has 168 valence electrons. The summed E-state index contributed by atoms with van der Waals surface area (Å²) in [4.78, 5) is 42.0. The number of amides is 2. The number of hydrogen-bond acceptors (Lipinski definition) is 8. The van der Waals surface area contributed by atoms with E-state index in [0.717, 1.165) is 11.8 Å². The first-order chi connectivity index (χ1) is 15.4. The molecule has 0 bridgehead atoms. The summed E-state index contributed by atoms with van der Waals surface area (Å²) in [5.41, 5.74) is 0.361. The number of para-hydroxylation sites is 2. The Bertz CT molecular complexity index is 1070. The molecule has 0 saturated carbocycles. The fourth-order valence-electron chi connectivity index (χ4n) is 3.11. The highest BCUT2D eigenvalue weighted by atomic mass is 32.2. The minimum Gasteiger partial charge on any atom is -0.497 e. The quantitative estimate of drug-likeness (QED) is 0.473. The summed E-state index contributed by atoms with van der Waals surface area (Å²) in [6.07, 6.45) is -0.152. The first kappa shape index (κ1) is 23.1. The van der Waals surface area contributed by atoms with Crippen LogP contribution in [0.3, 0.4) is 0 Å². The highest BCUT2D eigenvalue weighted by Crippen LogP contribution is 2.36. The highest BCUT2D eigenvalue weighted by Gasteiger charge is 2.38. The monoisotopic (exact) mass is 458 g/mol. The Balaban J connectivity index is 1.79. The molecule has 10 nitrogen and oxygen atoms in total. The molecule has 1 fully saturated rings. The van der Waals surface area contributed by atoms with Crippen LogP contribution < -0.4 is 14.8 Å². The molecule has 2 amide bonds. The van der Waals surface area contributed by atoms with E-state index in [1.165, 1.54) is 37.3 Å². The summed E-state index contributed by atoms with van der Waals surface area (Å²) in [6, 6.07) is 11.0. The van der Waals surface area contributed by atoms with Crippen LogP contribution in [0.2, 0.25) is 0 Å². The first-order valence-corrected chi connectivity index (χ1v) is 10.6. The van der Waals surface area contributed by atoms with E-state index in [0.29, 0.717) is 28.9 Å². The van der Waals surface area contributed by atoms with E-state index < -0.39 is 16.1 Å². The summed E-state index contributed by atoms with van der Waals surface area (Å²) < 4.78 is 10.6. The van der Waals surface area contributed by atoms with Crippen LogP contribution in [0.15, 0.2) is 47.5 Å². The number of nitrogens with zero attached hydrogens (tertiary/aromatic N) is 3. The second kappa shape index (κ2) is 10.1. The number of nitro benzene ring substituents is 1. The Kier molecular flexibility index (Phi) is 7.31. The third-order valence-corrected chi connectivity index (χ3v) is 5.86. The van der Waals surface area contributed by atoms with E-state index in [1.807, 2.05) is 6.92 Å². The van der Waals surface area contributed by atoms with Gasteiger partial charge in [-0.25, -0.2) is 4.99 Å². The fraction of sp³-hybridized carbons (Fsp3) is 0.286. The third kappa shape index (κ3) is 4.99. The van der Waals surface area contributed by atoms with Gasteiger partial charge < -0.3 is 14.8 Å². The van der Waals surface area contributed by atoms with Crippen LogP contribution in [0, 0.1) is 10.1 Å². The van der Waals surface area contributed by atoms with Crippen molar-refractivity contribution in [3.63, 3.8) is 0 Å². The van der Waals surface area contributed by atoms with Crippen molar-refractivity contribution in [1.29, 1.82) is 0 Å². The highest BCUT2D eigenvalue weighted by molar-refractivity contribution is 8.15. The molecule has 1 aliphatic rings. The lowest BCUT2D eigenvalue weighted by molar-refractivity contribution is -0.383. The minimum absolute atomic E-state index is 0.0836. The number of thioether (sulfide) groups is 1. The molecule has 2 aromatic rings. The van der Waals surface area contributed by atoms with Gasteiger partial charge in [-0.05, 0) is 25.1 Å². The van der Waals surface area contributed by atoms with Gasteiger partial charge in [0.05, 0.1) is 19.1 Å². The number of carbonyl (C=O) groups is 2. The lowest BCUT2D eigenvalue weighted by atomic mass is 10.2. The van der Waals surface area contributed by atoms with Gasteiger partial charge in [-0.15, -0.1) is 0 Å². The number of benzene rings is 2. The smallest absolute Gasteiger partial charge is 0.292 e. The standard InChI is InChI=1S/C21H22N4O6S/c1-4-24-20(27)18(12-19(26)22-14-7-5-6-8-16(14)25(28)29)32-21(24)23-15-11-13(30-2)9-10-17(15)31-3/h5-11,18H,4,12H2,1-3H3,(H,22,26). The minimum atomic E-state index is -0.701. The van der Waals surface area contributed by atoms with E-state index in [1.54, 1.807) is 24.3 Å². The number of ether oxygens (including phenoxy) is 2. The summed E-state index contributed by atoms with van der Waals surface area (Å²) in [7, 11) is 3.06. The van der Waals surface area contributed by atoms with Crippen molar-refractivity contribution < 1.29 is 24.0 Å². The Morgan fingerprint density at radius 3 is 2.66 bits per heavy atom. The number of amidine groups is 1. The van der Waals surface area contributed by atoms with Crippen molar-refractivity contribution >= 4 is 45.8 Å². The van der Waals surface area contributed by atoms with Gasteiger partial charge in [0.15, 0.2) is 5.17 Å². The van der Waals surface area contributed by atoms with E-state index in [-0.39, 0.29) is 23.7 Å². The average Bonchev–Trinajstić information content (AvgIpc) is 3.07. The van der Waals surface area contributed by atoms with Crippen molar-refractivity contribution in [2.75, 3.05) is 26.1 Å². The third-order valence-electron chi connectivity index (χ3n) is 4.68. The SMILES string of the molecule is CCN1C(=O)C(CC(=O)Nc2ccccc2[N+](=O)[O-])SC1=Nc1cc(OC)ccc1OC. The van der Waals surface area contributed by atoms with E-state index in [4.69, 9.17) is 9.47 Å². The normalized spacial score (nSPS) is 16.8. The summed E-state index contributed by atoms with van der Waals surface area (Å²) in [5, 5.41) is 13.4. The van der Waals surface area contributed by atoms with Gasteiger partial charge in [0.25, 0.3) is 5.69 Å².